The minimum absolute atomic E-state index is 0.455. The van der Waals surface area contributed by atoms with Gasteiger partial charge in [-0.2, -0.15) is 0 Å². The van der Waals surface area contributed by atoms with E-state index >= 15 is 0 Å². The zero-order chi connectivity index (χ0) is 21.4. The molecule has 0 bridgehead atoms. The van der Waals surface area contributed by atoms with Gasteiger partial charge in [-0.05, 0) is 73.8 Å². The maximum absolute atomic E-state index is 12.0. The molecule has 0 saturated carbocycles. The zero-order valence-corrected chi connectivity index (χ0v) is 19.5. The Morgan fingerprint density at radius 1 is 1.34 bits per heavy atom. The molecular weight excluding hydrogens is 432 g/mol. The summed E-state index contributed by atoms with van der Waals surface area (Å²) in [5.74, 6) is 0.903. The average molecular weight is 463 g/mol. The number of carbonyl (C=O) groups is 1. The van der Waals surface area contributed by atoms with E-state index in [-0.39, 0.29) is 0 Å². The van der Waals surface area contributed by atoms with Gasteiger partial charge in [0.05, 0.1) is 11.1 Å². The van der Waals surface area contributed by atoms with E-state index in [0.717, 1.165) is 34.3 Å². The Balaban J connectivity index is 2.05. The van der Waals surface area contributed by atoms with Crippen LogP contribution in [-0.2, 0) is 16.0 Å². The van der Waals surface area contributed by atoms with Gasteiger partial charge in [-0.25, -0.2) is 4.79 Å². The molecule has 1 aromatic rings. The lowest BCUT2D eigenvalue weighted by molar-refractivity contribution is 0.0636. The highest BCUT2D eigenvalue weighted by Gasteiger charge is 2.20. The van der Waals surface area contributed by atoms with Crippen LogP contribution in [0.1, 0.15) is 53.0 Å². The predicted molar refractivity (Wildman–Crippen MR) is 122 cm³/mol. The average Bonchev–Trinajstić information content (AvgIpc) is 3.13. The molecular formula is C23H31BrN2O3. The molecule has 0 aliphatic carbocycles. The van der Waals surface area contributed by atoms with Crippen molar-refractivity contribution in [2.75, 3.05) is 11.9 Å². The van der Waals surface area contributed by atoms with E-state index in [4.69, 9.17) is 9.47 Å². The Labute approximate surface area is 182 Å². The highest BCUT2D eigenvalue weighted by atomic mass is 79.9. The van der Waals surface area contributed by atoms with E-state index in [2.05, 4.69) is 46.5 Å². The number of hydrogen-bond donors (Lipinski definition) is 2. The number of anilines is 1. The summed E-state index contributed by atoms with van der Waals surface area (Å²) in [6.45, 7) is 11.0. The van der Waals surface area contributed by atoms with E-state index in [9.17, 15) is 4.79 Å². The van der Waals surface area contributed by atoms with Crippen LogP contribution in [0.25, 0.3) is 0 Å². The second kappa shape index (κ2) is 10.5. The van der Waals surface area contributed by atoms with Crippen LogP contribution in [-0.4, -0.2) is 18.3 Å². The topological polar surface area (TPSA) is 59.6 Å². The third-order valence-corrected chi connectivity index (χ3v) is 4.80. The van der Waals surface area contributed by atoms with Gasteiger partial charge in [-0.1, -0.05) is 25.1 Å². The molecule has 29 heavy (non-hydrogen) atoms. The van der Waals surface area contributed by atoms with E-state index < -0.39 is 11.7 Å². The van der Waals surface area contributed by atoms with Gasteiger partial charge >= 0.3 is 6.09 Å². The minimum Gasteiger partial charge on any atom is -0.492 e. The minimum atomic E-state index is -0.526. The molecule has 1 aliphatic heterocycles. The lowest BCUT2D eigenvalue weighted by atomic mass is 10.1. The molecule has 0 unspecified atom stereocenters. The second-order valence-electron chi connectivity index (χ2n) is 7.87. The molecule has 1 saturated heterocycles. The van der Waals surface area contributed by atoms with E-state index in [1.54, 1.807) is 0 Å². The third kappa shape index (κ3) is 7.61. The fraction of sp³-hybridized carbons (Fsp3) is 0.435. The molecule has 1 fully saturated rings. The Kier molecular flexibility index (Phi) is 8.38. The Morgan fingerprint density at radius 3 is 2.79 bits per heavy atom. The lowest BCUT2D eigenvalue weighted by Gasteiger charge is -2.19. The van der Waals surface area contributed by atoms with Gasteiger partial charge in [0.1, 0.15) is 11.4 Å². The fourth-order valence-corrected chi connectivity index (χ4v) is 3.39. The van der Waals surface area contributed by atoms with Gasteiger partial charge in [0.2, 0.25) is 0 Å². The van der Waals surface area contributed by atoms with Crippen LogP contribution >= 0.6 is 15.9 Å². The first kappa shape index (κ1) is 23.1. The van der Waals surface area contributed by atoms with Gasteiger partial charge < -0.3 is 14.8 Å². The summed E-state index contributed by atoms with van der Waals surface area (Å²) in [7, 11) is 0. The molecule has 6 heteroatoms. The fourth-order valence-electron chi connectivity index (χ4n) is 2.85. The summed E-state index contributed by atoms with van der Waals surface area (Å²) < 4.78 is 12.1. The molecule has 0 aromatic heterocycles. The van der Waals surface area contributed by atoms with Crippen LogP contribution < -0.4 is 10.6 Å². The molecule has 1 aliphatic rings. The maximum Gasteiger partial charge on any atom is 0.412 e. The number of carbonyl (C=O) groups excluding carboxylic acids is 1. The first-order valence-corrected chi connectivity index (χ1v) is 10.7. The van der Waals surface area contributed by atoms with Crippen LogP contribution in [0.5, 0.6) is 0 Å². The van der Waals surface area contributed by atoms with Crippen molar-refractivity contribution >= 4 is 27.7 Å². The number of nitrogens with one attached hydrogen (secondary N) is 2. The van der Waals surface area contributed by atoms with Crippen molar-refractivity contribution in [2.45, 2.75) is 59.6 Å². The van der Waals surface area contributed by atoms with Crippen molar-refractivity contribution in [3.8, 4) is 0 Å². The van der Waals surface area contributed by atoms with E-state index in [1.165, 1.54) is 5.57 Å². The number of halogens is 1. The monoisotopic (exact) mass is 462 g/mol. The van der Waals surface area contributed by atoms with Crippen LogP contribution in [0.3, 0.4) is 0 Å². The SMILES string of the molecule is CC/C=C/C(Br)=C1/OCC/C1=C(/C)NCc1cccc(NC(=O)OC(C)(C)C)c1. The second-order valence-corrected chi connectivity index (χ2v) is 8.72. The quantitative estimate of drug-likeness (QED) is 0.513. The Hall–Kier alpha value is -2.21. The highest BCUT2D eigenvalue weighted by molar-refractivity contribution is 9.11. The van der Waals surface area contributed by atoms with E-state index in [1.807, 2.05) is 51.1 Å². The number of benzene rings is 1. The third-order valence-electron chi connectivity index (χ3n) is 4.17. The standard InChI is InChI=1S/C23H31BrN2O3/c1-6-7-11-20(24)21-19(12-13-28-21)16(2)25-15-17-9-8-10-18(14-17)26-22(27)29-23(3,4)5/h7-11,14,25H,6,12-13,15H2,1-5H3,(H,26,27)/b11-7+,19-16+,21-20-. The molecule has 158 valence electrons. The number of amides is 1. The number of hydrogen-bond acceptors (Lipinski definition) is 4. The summed E-state index contributed by atoms with van der Waals surface area (Å²) >= 11 is 3.62. The van der Waals surface area contributed by atoms with Crippen LogP contribution in [0.4, 0.5) is 10.5 Å². The van der Waals surface area contributed by atoms with Gasteiger partial charge in [-0.15, -0.1) is 0 Å². The number of ether oxygens (including phenoxy) is 2. The molecule has 1 heterocycles. The summed E-state index contributed by atoms with van der Waals surface area (Å²) in [5, 5.41) is 6.26. The van der Waals surface area contributed by atoms with Crippen molar-refractivity contribution in [2.24, 2.45) is 0 Å². The normalized spacial score (nSPS) is 17.7. The summed E-state index contributed by atoms with van der Waals surface area (Å²) in [6.07, 6.45) is 5.54. The summed E-state index contributed by atoms with van der Waals surface area (Å²) in [4.78, 5) is 12.0. The van der Waals surface area contributed by atoms with Crippen molar-refractivity contribution in [3.05, 3.63) is 63.5 Å². The summed E-state index contributed by atoms with van der Waals surface area (Å²) in [6, 6.07) is 7.73. The molecule has 0 spiro atoms. The Bertz CT molecular complexity index is 820. The Morgan fingerprint density at radius 2 is 2.10 bits per heavy atom. The molecule has 2 N–H and O–H groups in total. The molecule has 0 radical (unpaired) electrons. The zero-order valence-electron chi connectivity index (χ0n) is 17.9. The van der Waals surface area contributed by atoms with Gasteiger partial charge in [0.25, 0.3) is 0 Å². The van der Waals surface area contributed by atoms with Gasteiger partial charge in [0, 0.05) is 29.9 Å². The smallest absolute Gasteiger partial charge is 0.412 e. The molecule has 5 nitrogen and oxygen atoms in total. The van der Waals surface area contributed by atoms with Crippen LogP contribution in [0, 0.1) is 0 Å². The predicted octanol–water partition coefficient (Wildman–Crippen LogP) is 6.39. The number of rotatable bonds is 6. The molecule has 1 aromatic carbocycles. The van der Waals surface area contributed by atoms with Crippen molar-refractivity contribution in [1.29, 1.82) is 0 Å². The molecule has 0 atom stereocenters. The van der Waals surface area contributed by atoms with E-state index in [0.29, 0.717) is 18.8 Å². The first-order valence-electron chi connectivity index (χ1n) is 9.91. The molecule has 2 rings (SSSR count). The van der Waals surface area contributed by atoms with Crippen molar-refractivity contribution < 1.29 is 14.3 Å². The first-order chi connectivity index (χ1) is 13.7. The van der Waals surface area contributed by atoms with Crippen molar-refractivity contribution in [3.63, 3.8) is 0 Å². The largest absolute Gasteiger partial charge is 0.492 e. The lowest BCUT2D eigenvalue weighted by Crippen LogP contribution is -2.27. The van der Waals surface area contributed by atoms with Crippen LogP contribution in [0.2, 0.25) is 0 Å². The highest BCUT2D eigenvalue weighted by Crippen LogP contribution is 2.32. The maximum atomic E-state index is 12.0. The number of allylic oxidation sites excluding steroid dienone is 5. The van der Waals surface area contributed by atoms with Gasteiger partial charge in [0.15, 0.2) is 0 Å². The molecule has 1 amide bonds. The van der Waals surface area contributed by atoms with Crippen LogP contribution in [0.15, 0.2) is 57.9 Å². The van der Waals surface area contributed by atoms with Crippen molar-refractivity contribution in [1.82, 2.24) is 5.32 Å². The summed E-state index contributed by atoms with van der Waals surface area (Å²) in [5.41, 5.74) is 3.52. The van der Waals surface area contributed by atoms with Gasteiger partial charge in [-0.3, -0.25) is 5.32 Å².